The minimum Gasteiger partial charge on any atom is -0.347 e. The van der Waals surface area contributed by atoms with Crippen molar-refractivity contribution in [3.8, 4) is 0 Å². The van der Waals surface area contributed by atoms with Gasteiger partial charge in [0.25, 0.3) is 0 Å². The van der Waals surface area contributed by atoms with Gasteiger partial charge in [-0.1, -0.05) is 12.1 Å². The first kappa shape index (κ1) is 12.7. The van der Waals surface area contributed by atoms with E-state index in [2.05, 4.69) is 13.8 Å². The zero-order valence-electron chi connectivity index (χ0n) is 10.7. The van der Waals surface area contributed by atoms with Gasteiger partial charge in [-0.05, 0) is 43.0 Å². The predicted molar refractivity (Wildman–Crippen MR) is 66.3 cm³/mol. The minimum absolute atomic E-state index is 0.0636. The molecule has 2 N–H and O–H groups in total. The van der Waals surface area contributed by atoms with Crippen LogP contribution in [0.4, 0.5) is 0 Å². The maximum Gasteiger partial charge on any atom is 0.243 e. The summed E-state index contributed by atoms with van der Waals surface area (Å²) in [6.07, 6.45) is 0. The van der Waals surface area contributed by atoms with Gasteiger partial charge in [0.05, 0.1) is 0 Å². The first-order valence-corrected chi connectivity index (χ1v) is 5.39. The topological polar surface area (TPSA) is 46.3 Å². The fraction of sp³-hybridized carbons (Fsp3) is 0.462. The van der Waals surface area contributed by atoms with Crippen LogP contribution in [0.1, 0.15) is 28.3 Å². The molecular formula is C13H20N2O. The second kappa shape index (κ2) is 4.66. The molecule has 0 aliphatic carbocycles. The van der Waals surface area contributed by atoms with Crippen molar-refractivity contribution in [1.29, 1.82) is 0 Å². The third kappa shape index (κ3) is 2.25. The molecule has 0 bridgehead atoms. The summed E-state index contributed by atoms with van der Waals surface area (Å²) in [5, 5.41) is 0. The van der Waals surface area contributed by atoms with Gasteiger partial charge >= 0.3 is 0 Å². The average molecular weight is 220 g/mol. The lowest BCUT2D eigenvalue weighted by Gasteiger charge is -2.20. The van der Waals surface area contributed by atoms with E-state index in [1.165, 1.54) is 16.0 Å². The van der Waals surface area contributed by atoms with Crippen LogP contribution in [0.15, 0.2) is 12.1 Å². The second-order valence-corrected chi connectivity index (χ2v) is 4.43. The Morgan fingerprint density at radius 3 is 2.25 bits per heavy atom. The Morgan fingerprint density at radius 2 is 1.75 bits per heavy atom. The SMILES string of the molecule is Cc1ccc(C(N)C(=O)N(C)C)c(C)c1C. The summed E-state index contributed by atoms with van der Waals surface area (Å²) >= 11 is 0. The number of hydrogen-bond donors (Lipinski definition) is 1. The standard InChI is InChI=1S/C13H20N2O/c1-8-6-7-11(10(3)9(8)2)12(14)13(16)15(4)5/h6-7,12H,14H2,1-5H3. The van der Waals surface area contributed by atoms with Crippen LogP contribution in [-0.2, 0) is 4.79 Å². The molecule has 3 heteroatoms. The van der Waals surface area contributed by atoms with Crippen molar-refractivity contribution >= 4 is 5.91 Å². The molecule has 0 heterocycles. The number of aryl methyl sites for hydroxylation is 1. The van der Waals surface area contributed by atoms with E-state index in [-0.39, 0.29) is 5.91 Å². The van der Waals surface area contributed by atoms with Gasteiger partial charge in [0, 0.05) is 14.1 Å². The molecule has 1 aromatic carbocycles. The number of likely N-dealkylation sites (N-methyl/N-ethyl adjacent to an activating group) is 1. The van der Waals surface area contributed by atoms with Gasteiger partial charge in [-0.3, -0.25) is 4.79 Å². The van der Waals surface area contributed by atoms with Crippen LogP contribution in [0.2, 0.25) is 0 Å². The van der Waals surface area contributed by atoms with Crippen molar-refractivity contribution in [2.24, 2.45) is 5.73 Å². The number of hydrogen-bond acceptors (Lipinski definition) is 2. The Balaban J connectivity index is 3.15. The van der Waals surface area contributed by atoms with Gasteiger partial charge < -0.3 is 10.6 Å². The van der Waals surface area contributed by atoms with Crippen molar-refractivity contribution in [3.63, 3.8) is 0 Å². The van der Waals surface area contributed by atoms with E-state index in [9.17, 15) is 4.79 Å². The number of carbonyl (C=O) groups is 1. The summed E-state index contributed by atoms with van der Waals surface area (Å²) in [6.45, 7) is 6.13. The highest BCUT2D eigenvalue weighted by Gasteiger charge is 2.20. The number of rotatable bonds is 2. The molecule has 3 nitrogen and oxygen atoms in total. The van der Waals surface area contributed by atoms with Crippen LogP contribution >= 0.6 is 0 Å². The quantitative estimate of drug-likeness (QED) is 0.824. The molecule has 0 fully saturated rings. The second-order valence-electron chi connectivity index (χ2n) is 4.43. The Hall–Kier alpha value is -1.35. The van der Waals surface area contributed by atoms with Crippen molar-refractivity contribution in [3.05, 3.63) is 34.4 Å². The summed E-state index contributed by atoms with van der Waals surface area (Å²) in [6, 6.07) is 3.40. The Kier molecular flexibility index (Phi) is 3.70. The number of benzene rings is 1. The predicted octanol–water partition coefficient (Wildman–Crippen LogP) is 1.70. The zero-order chi connectivity index (χ0) is 12.5. The summed E-state index contributed by atoms with van der Waals surface area (Å²) in [5.41, 5.74) is 10.4. The van der Waals surface area contributed by atoms with E-state index in [1.54, 1.807) is 14.1 Å². The minimum atomic E-state index is -0.561. The van der Waals surface area contributed by atoms with Gasteiger partial charge in [-0.2, -0.15) is 0 Å². The fourth-order valence-corrected chi connectivity index (χ4v) is 1.73. The maximum atomic E-state index is 11.8. The third-order valence-electron chi connectivity index (χ3n) is 3.14. The lowest BCUT2D eigenvalue weighted by molar-refractivity contribution is -0.130. The molecule has 0 aliphatic heterocycles. The largest absolute Gasteiger partial charge is 0.347 e. The summed E-state index contributed by atoms with van der Waals surface area (Å²) in [4.78, 5) is 13.3. The summed E-state index contributed by atoms with van der Waals surface area (Å²) in [7, 11) is 3.44. The Bertz CT molecular complexity index is 411. The summed E-state index contributed by atoms with van der Waals surface area (Å²) < 4.78 is 0. The molecule has 0 saturated carbocycles. The fourth-order valence-electron chi connectivity index (χ4n) is 1.73. The maximum absolute atomic E-state index is 11.8. The Labute approximate surface area is 97.2 Å². The number of carbonyl (C=O) groups excluding carboxylic acids is 1. The molecule has 1 rings (SSSR count). The molecule has 1 amide bonds. The first-order chi connectivity index (χ1) is 7.36. The van der Waals surface area contributed by atoms with Crippen molar-refractivity contribution in [2.75, 3.05) is 14.1 Å². The van der Waals surface area contributed by atoms with Crippen molar-refractivity contribution in [1.82, 2.24) is 4.90 Å². The lowest BCUT2D eigenvalue weighted by Crippen LogP contribution is -2.33. The highest BCUT2D eigenvalue weighted by Crippen LogP contribution is 2.22. The highest BCUT2D eigenvalue weighted by atomic mass is 16.2. The van der Waals surface area contributed by atoms with Gasteiger partial charge in [0.1, 0.15) is 6.04 Å². The molecule has 0 aromatic heterocycles. The smallest absolute Gasteiger partial charge is 0.243 e. The van der Waals surface area contributed by atoms with Gasteiger partial charge in [-0.15, -0.1) is 0 Å². The van der Waals surface area contributed by atoms with Gasteiger partial charge in [0.2, 0.25) is 5.91 Å². The van der Waals surface area contributed by atoms with E-state index in [0.717, 1.165) is 11.1 Å². The van der Waals surface area contributed by atoms with E-state index < -0.39 is 6.04 Å². The van der Waals surface area contributed by atoms with Crippen molar-refractivity contribution < 1.29 is 4.79 Å². The average Bonchev–Trinajstić information content (AvgIpc) is 2.24. The van der Waals surface area contributed by atoms with Crippen molar-refractivity contribution in [2.45, 2.75) is 26.8 Å². The molecule has 1 atom stereocenters. The summed E-state index contributed by atoms with van der Waals surface area (Å²) in [5.74, 6) is -0.0636. The molecule has 1 aromatic rings. The van der Waals surface area contributed by atoms with Crippen LogP contribution in [0.25, 0.3) is 0 Å². The zero-order valence-corrected chi connectivity index (χ0v) is 10.7. The first-order valence-electron chi connectivity index (χ1n) is 5.39. The molecule has 88 valence electrons. The highest BCUT2D eigenvalue weighted by molar-refractivity contribution is 5.83. The van der Waals surface area contributed by atoms with E-state index >= 15 is 0 Å². The van der Waals surface area contributed by atoms with Crippen LogP contribution in [-0.4, -0.2) is 24.9 Å². The van der Waals surface area contributed by atoms with Gasteiger partial charge in [-0.25, -0.2) is 0 Å². The molecule has 0 radical (unpaired) electrons. The molecule has 0 saturated heterocycles. The van der Waals surface area contributed by atoms with Crippen LogP contribution in [0, 0.1) is 20.8 Å². The number of nitrogens with two attached hydrogens (primary N) is 1. The van der Waals surface area contributed by atoms with Crippen LogP contribution in [0.3, 0.4) is 0 Å². The lowest BCUT2D eigenvalue weighted by atomic mass is 9.94. The molecule has 16 heavy (non-hydrogen) atoms. The van der Waals surface area contributed by atoms with E-state index in [4.69, 9.17) is 5.73 Å². The number of amides is 1. The third-order valence-corrected chi connectivity index (χ3v) is 3.14. The molecular weight excluding hydrogens is 200 g/mol. The molecule has 0 aliphatic rings. The Morgan fingerprint density at radius 1 is 1.19 bits per heavy atom. The van der Waals surface area contributed by atoms with Gasteiger partial charge in [0.15, 0.2) is 0 Å². The number of nitrogens with zero attached hydrogens (tertiary/aromatic N) is 1. The van der Waals surface area contributed by atoms with E-state index in [1.807, 2.05) is 19.1 Å². The normalized spacial score (nSPS) is 12.4. The van der Waals surface area contributed by atoms with Crippen LogP contribution in [0.5, 0.6) is 0 Å². The molecule has 0 spiro atoms. The van der Waals surface area contributed by atoms with Crippen LogP contribution < -0.4 is 5.73 Å². The van der Waals surface area contributed by atoms with E-state index in [0.29, 0.717) is 0 Å². The molecule has 1 unspecified atom stereocenters. The monoisotopic (exact) mass is 220 g/mol.